The van der Waals surface area contributed by atoms with Gasteiger partial charge in [-0.2, -0.15) is 0 Å². The van der Waals surface area contributed by atoms with Crippen molar-refractivity contribution in [2.75, 3.05) is 5.73 Å². The normalized spacial score (nSPS) is 15.7. The number of nitrogens with two attached hydrogens (primary N) is 1. The van der Waals surface area contributed by atoms with Gasteiger partial charge in [-0.25, -0.2) is 4.98 Å². The van der Waals surface area contributed by atoms with E-state index in [-0.39, 0.29) is 17.4 Å². The zero-order chi connectivity index (χ0) is 10.9. The molecule has 0 atom stereocenters. The quantitative estimate of drug-likeness (QED) is 0.671. The van der Waals surface area contributed by atoms with Crippen LogP contribution in [0.2, 0.25) is 0 Å². The SMILES string of the molecule is [2H]C([2H])([2H])c1nc(N)ccc1C(C)C. The van der Waals surface area contributed by atoms with E-state index < -0.39 is 6.85 Å². The van der Waals surface area contributed by atoms with E-state index >= 15 is 0 Å². The highest BCUT2D eigenvalue weighted by molar-refractivity contribution is 5.34. The summed E-state index contributed by atoms with van der Waals surface area (Å²) in [5.41, 5.74) is 6.32. The predicted molar refractivity (Wildman–Crippen MR) is 47.5 cm³/mol. The lowest BCUT2D eigenvalue weighted by atomic mass is 10.0. The number of aryl methyl sites for hydroxylation is 1. The summed E-state index contributed by atoms with van der Waals surface area (Å²) in [5, 5.41) is 0. The smallest absolute Gasteiger partial charge is 0.123 e. The molecule has 0 aromatic carbocycles. The van der Waals surface area contributed by atoms with Crippen molar-refractivity contribution in [2.24, 2.45) is 0 Å². The maximum Gasteiger partial charge on any atom is 0.123 e. The predicted octanol–water partition coefficient (Wildman–Crippen LogP) is 2.10. The molecule has 0 amide bonds. The van der Waals surface area contributed by atoms with Gasteiger partial charge in [-0.1, -0.05) is 19.9 Å². The van der Waals surface area contributed by atoms with Crippen molar-refractivity contribution >= 4 is 5.82 Å². The molecule has 2 nitrogen and oxygen atoms in total. The van der Waals surface area contributed by atoms with Gasteiger partial charge < -0.3 is 5.73 Å². The van der Waals surface area contributed by atoms with Gasteiger partial charge in [0.05, 0.1) is 0 Å². The van der Waals surface area contributed by atoms with Crippen molar-refractivity contribution in [1.82, 2.24) is 4.98 Å². The van der Waals surface area contributed by atoms with Crippen LogP contribution in [0.5, 0.6) is 0 Å². The van der Waals surface area contributed by atoms with E-state index in [4.69, 9.17) is 9.85 Å². The molecule has 60 valence electrons. The summed E-state index contributed by atoms with van der Waals surface area (Å²) in [7, 11) is 0. The van der Waals surface area contributed by atoms with Crippen LogP contribution in [0.15, 0.2) is 12.1 Å². The highest BCUT2D eigenvalue weighted by atomic mass is 14.8. The minimum absolute atomic E-state index is 0.118. The molecule has 0 saturated carbocycles. The van der Waals surface area contributed by atoms with Gasteiger partial charge >= 0.3 is 0 Å². The van der Waals surface area contributed by atoms with Gasteiger partial charge in [-0.3, -0.25) is 0 Å². The van der Waals surface area contributed by atoms with E-state index in [2.05, 4.69) is 4.98 Å². The van der Waals surface area contributed by atoms with Crippen LogP contribution in [-0.2, 0) is 0 Å². The minimum Gasteiger partial charge on any atom is -0.384 e. The molecule has 11 heavy (non-hydrogen) atoms. The summed E-state index contributed by atoms with van der Waals surface area (Å²) in [6, 6.07) is 3.36. The molecule has 0 fully saturated rings. The Kier molecular flexibility index (Phi) is 1.26. The number of hydrogen-bond acceptors (Lipinski definition) is 2. The molecular weight excluding hydrogens is 136 g/mol. The summed E-state index contributed by atoms with van der Waals surface area (Å²) >= 11 is 0. The van der Waals surface area contributed by atoms with Crippen LogP contribution in [0.1, 0.15) is 35.1 Å². The molecule has 2 N–H and O–H groups in total. The largest absolute Gasteiger partial charge is 0.384 e. The van der Waals surface area contributed by atoms with Crippen LogP contribution in [0, 0.1) is 6.85 Å². The molecule has 0 aliphatic carbocycles. The zero-order valence-corrected chi connectivity index (χ0v) is 6.76. The Balaban J connectivity index is 3.30. The Labute approximate surface area is 71.7 Å². The molecule has 1 aromatic heterocycles. The van der Waals surface area contributed by atoms with Crippen LogP contribution in [-0.4, -0.2) is 4.98 Å². The fraction of sp³-hybridized carbons (Fsp3) is 0.444. The second-order valence-corrected chi connectivity index (χ2v) is 2.83. The van der Waals surface area contributed by atoms with Crippen LogP contribution in [0.3, 0.4) is 0 Å². The van der Waals surface area contributed by atoms with Gasteiger partial charge in [0.15, 0.2) is 0 Å². The second-order valence-electron chi connectivity index (χ2n) is 2.83. The fourth-order valence-electron chi connectivity index (χ4n) is 0.951. The Hall–Kier alpha value is -1.05. The lowest BCUT2D eigenvalue weighted by molar-refractivity contribution is 0.844. The average molecular weight is 153 g/mol. The summed E-state index contributed by atoms with van der Waals surface area (Å²) in [4.78, 5) is 3.88. The molecule has 0 spiro atoms. The van der Waals surface area contributed by atoms with Gasteiger partial charge in [0.25, 0.3) is 0 Å². The van der Waals surface area contributed by atoms with Gasteiger partial charge in [-0.15, -0.1) is 0 Å². The highest BCUT2D eigenvalue weighted by Crippen LogP contribution is 2.17. The van der Waals surface area contributed by atoms with Crippen molar-refractivity contribution in [1.29, 1.82) is 0 Å². The first kappa shape index (κ1) is 4.75. The highest BCUT2D eigenvalue weighted by Gasteiger charge is 2.03. The molecule has 0 radical (unpaired) electrons. The van der Waals surface area contributed by atoms with Crippen LogP contribution >= 0.6 is 0 Å². The number of pyridine rings is 1. The Morgan fingerprint density at radius 1 is 1.55 bits per heavy atom. The van der Waals surface area contributed by atoms with Crippen molar-refractivity contribution in [3.05, 3.63) is 23.4 Å². The van der Waals surface area contributed by atoms with E-state index in [1.807, 2.05) is 13.8 Å². The maximum absolute atomic E-state index is 7.32. The van der Waals surface area contributed by atoms with Crippen molar-refractivity contribution in [3.63, 3.8) is 0 Å². The molecule has 0 bridgehead atoms. The van der Waals surface area contributed by atoms with Gasteiger partial charge in [0.1, 0.15) is 5.82 Å². The van der Waals surface area contributed by atoms with E-state index in [0.29, 0.717) is 0 Å². The summed E-state index contributed by atoms with van der Waals surface area (Å²) in [6.07, 6.45) is 0. The third-order valence-corrected chi connectivity index (χ3v) is 1.57. The average Bonchev–Trinajstić information content (AvgIpc) is 2.01. The molecule has 0 aliphatic rings. The topological polar surface area (TPSA) is 38.9 Å². The number of nitrogen functional groups attached to an aromatic ring is 1. The lowest BCUT2D eigenvalue weighted by Crippen LogP contribution is -1.98. The van der Waals surface area contributed by atoms with E-state index in [9.17, 15) is 0 Å². The molecule has 0 saturated heterocycles. The molecular formula is C9H14N2. The summed E-state index contributed by atoms with van der Waals surface area (Å²) < 4.78 is 22.0. The van der Waals surface area contributed by atoms with Crippen molar-refractivity contribution in [3.8, 4) is 0 Å². The van der Waals surface area contributed by atoms with Crippen molar-refractivity contribution in [2.45, 2.75) is 26.6 Å². The summed E-state index contributed by atoms with van der Waals surface area (Å²) in [6.45, 7) is 1.68. The molecule has 1 heterocycles. The standard InChI is InChI=1S/C9H14N2/c1-6(2)8-4-5-9(10)11-7(8)3/h4-6H,1-3H3,(H2,10,11)/i3D3. The van der Waals surface area contributed by atoms with E-state index in [1.54, 1.807) is 12.1 Å². The van der Waals surface area contributed by atoms with Crippen molar-refractivity contribution < 1.29 is 4.11 Å². The Morgan fingerprint density at radius 3 is 2.82 bits per heavy atom. The number of aromatic nitrogens is 1. The van der Waals surface area contributed by atoms with Crippen LogP contribution in [0.4, 0.5) is 5.82 Å². The van der Waals surface area contributed by atoms with Gasteiger partial charge in [0.2, 0.25) is 0 Å². The third-order valence-electron chi connectivity index (χ3n) is 1.57. The third kappa shape index (κ3) is 1.70. The first-order chi connectivity index (χ1) is 6.32. The number of hydrogen-bond donors (Lipinski definition) is 1. The number of nitrogens with zero attached hydrogens (tertiary/aromatic N) is 1. The van der Waals surface area contributed by atoms with Gasteiger partial charge in [0, 0.05) is 9.81 Å². The lowest BCUT2D eigenvalue weighted by Gasteiger charge is -2.08. The molecule has 1 rings (SSSR count). The molecule has 1 aromatic rings. The zero-order valence-electron chi connectivity index (χ0n) is 9.76. The maximum atomic E-state index is 7.32. The first-order valence-corrected chi connectivity index (χ1v) is 3.59. The Morgan fingerprint density at radius 2 is 2.27 bits per heavy atom. The minimum atomic E-state index is -2.19. The van der Waals surface area contributed by atoms with Gasteiger partial charge in [-0.05, 0) is 24.4 Å². The van der Waals surface area contributed by atoms with Crippen LogP contribution < -0.4 is 5.73 Å². The second kappa shape index (κ2) is 2.91. The van der Waals surface area contributed by atoms with E-state index in [0.717, 1.165) is 5.56 Å². The summed E-state index contributed by atoms with van der Waals surface area (Å²) in [5.74, 6) is 0.388. The first-order valence-electron chi connectivity index (χ1n) is 5.09. The Bertz CT molecular complexity index is 331. The fourth-order valence-corrected chi connectivity index (χ4v) is 0.951. The number of anilines is 1. The molecule has 2 heteroatoms. The molecule has 0 unspecified atom stereocenters. The van der Waals surface area contributed by atoms with E-state index in [1.165, 1.54) is 0 Å². The number of rotatable bonds is 1. The monoisotopic (exact) mass is 153 g/mol. The molecule has 0 aliphatic heterocycles. The van der Waals surface area contributed by atoms with Crippen LogP contribution in [0.25, 0.3) is 0 Å².